The Kier molecular flexibility index (Phi) is 4.97. The van der Waals surface area contributed by atoms with E-state index in [-0.39, 0.29) is 29.1 Å². The molecule has 2 saturated heterocycles. The van der Waals surface area contributed by atoms with E-state index in [1.165, 1.54) is 36.5 Å². The number of carbonyl (C=O) groups is 2. The van der Waals surface area contributed by atoms with Crippen molar-refractivity contribution in [3.63, 3.8) is 0 Å². The number of non-ortho nitro benzene ring substituents is 1. The van der Waals surface area contributed by atoms with Crippen LogP contribution in [-0.4, -0.2) is 44.2 Å². The number of hydrogen-bond acceptors (Lipinski definition) is 7. The highest BCUT2D eigenvalue weighted by Gasteiger charge is 2.69. The molecule has 0 unspecified atom stereocenters. The van der Waals surface area contributed by atoms with Crippen LogP contribution in [0.4, 0.5) is 15.8 Å². The molecule has 1 aromatic heterocycles. The number of nitro groups is 1. The van der Waals surface area contributed by atoms with E-state index in [9.17, 15) is 24.1 Å². The highest BCUT2D eigenvalue weighted by molar-refractivity contribution is 7.99. The first kappa shape index (κ1) is 21.9. The minimum atomic E-state index is -1.42. The Morgan fingerprint density at radius 3 is 2.71 bits per heavy atom. The molecule has 35 heavy (non-hydrogen) atoms. The van der Waals surface area contributed by atoms with E-state index in [0.29, 0.717) is 22.9 Å². The lowest BCUT2D eigenvalue weighted by molar-refractivity contribution is -0.384. The van der Waals surface area contributed by atoms with Crippen LogP contribution in [0, 0.1) is 21.8 Å². The number of amides is 1. The monoisotopic (exact) mass is 490 g/mol. The molecular weight excluding hydrogens is 471 g/mol. The van der Waals surface area contributed by atoms with Gasteiger partial charge in [0.05, 0.1) is 10.8 Å². The van der Waals surface area contributed by atoms with Gasteiger partial charge in [-0.05, 0) is 35.9 Å². The summed E-state index contributed by atoms with van der Waals surface area (Å²) in [6.45, 7) is 0. The van der Waals surface area contributed by atoms with Crippen molar-refractivity contribution in [2.24, 2.45) is 5.92 Å². The molecule has 4 atom stereocenters. The Morgan fingerprint density at radius 2 is 2.00 bits per heavy atom. The molecule has 8 nitrogen and oxygen atoms in total. The number of carbonyl (C=O) groups excluding carboxylic acids is 2. The number of thioether (sulfide) groups is 1. The summed E-state index contributed by atoms with van der Waals surface area (Å²) in [5.41, 5.74) is 0.376. The average molecular weight is 491 g/mol. The van der Waals surface area contributed by atoms with Crippen molar-refractivity contribution in [3.8, 4) is 0 Å². The SMILES string of the molecule is O=C(c1ccccn1)[C@@H]1[C@H](c2ccc([N+](=O)[O-])cc2)[C@H]2CSCN2[C@@]12C(=O)Nc1ccc(F)cc12. The fraction of sp³-hybridized carbons (Fsp3) is 0.240. The average Bonchev–Trinajstić information content (AvgIpc) is 3.53. The zero-order valence-electron chi connectivity index (χ0n) is 18.3. The first-order chi connectivity index (χ1) is 16.9. The summed E-state index contributed by atoms with van der Waals surface area (Å²) in [5.74, 6) is -1.40. The number of nitrogens with one attached hydrogen (secondary N) is 1. The summed E-state index contributed by atoms with van der Waals surface area (Å²) in [6, 6.07) is 15.1. The molecule has 6 rings (SSSR count). The second-order valence-corrected chi connectivity index (χ2v) is 9.88. The zero-order valence-corrected chi connectivity index (χ0v) is 19.1. The Bertz CT molecular complexity index is 1370. The molecule has 2 aromatic carbocycles. The number of anilines is 1. The van der Waals surface area contributed by atoms with E-state index in [4.69, 9.17) is 0 Å². The summed E-state index contributed by atoms with van der Waals surface area (Å²) >= 11 is 1.64. The number of hydrogen-bond donors (Lipinski definition) is 1. The highest BCUT2D eigenvalue weighted by atomic mass is 32.2. The van der Waals surface area contributed by atoms with Gasteiger partial charge >= 0.3 is 0 Å². The Labute approximate surface area is 203 Å². The molecule has 2 fully saturated rings. The third-order valence-corrected chi connectivity index (χ3v) is 8.31. The lowest BCUT2D eigenvalue weighted by Gasteiger charge is -2.36. The Balaban J connectivity index is 1.60. The van der Waals surface area contributed by atoms with Crippen LogP contribution in [0.5, 0.6) is 0 Å². The molecule has 3 aliphatic heterocycles. The fourth-order valence-corrected chi connectivity index (χ4v) is 7.23. The van der Waals surface area contributed by atoms with Crippen LogP contribution in [0.15, 0.2) is 66.9 Å². The third-order valence-electron chi connectivity index (χ3n) is 7.27. The summed E-state index contributed by atoms with van der Waals surface area (Å²) < 4.78 is 14.5. The topological polar surface area (TPSA) is 105 Å². The van der Waals surface area contributed by atoms with Crippen molar-refractivity contribution in [2.75, 3.05) is 16.9 Å². The summed E-state index contributed by atoms with van der Waals surface area (Å²) in [5, 5.41) is 14.1. The molecule has 176 valence electrons. The normalized spacial score (nSPS) is 27.0. The maximum Gasteiger partial charge on any atom is 0.269 e. The Hall–Kier alpha value is -3.63. The zero-order chi connectivity index (χ0) is 24.3. The van der Waals surface area contributed by atoms with Crippen LogP contribution in [0.1, 0.15) is 27.5 Å². The number of benzene rings is 2. The van der Waals surface area contributed by atoms with Gasteiger partial charge in [-0.25, -0.2) is 4.39 Å². The molecule has 0 aliphatic carbocycles. The minimum absolute atomic E-state index is 0.0576. The van der Waals surface area contributed by atoms with Crippen LogP contribution in [-0.2, 0) is 10.3 Å². The number of halogens is 1. The van der Waals surface area contributed by atoms with Gasteiger partial charge in [-0.3, -0.25) is 29.6 Å². The molecule has 10 heteroatoms. The van der Waals surface area contributed by atoms with E-state index in [0.717, 1.165) is 5.56 Å². The number of rotatable bonds is 4. The van der Waals surface area contributed by atoms with Gasteiger partial charge in [0.1, 0.15) is 17.1 Å². The van der Waals surface area contributed by atoms with Gasteiger partial charge in [0, 0.05) is 53.2 Å². The van der Waals surface area contributed by atoms with E-state index in [2.05, 4.69) is 10.3 Å². The molecule has 4 heterocycles. The Morgan fingerprint density at radius 1 is 1.20 bits per heavy atom. The first-order valence-electron chi connectivity index (χ1n) is 11.1. The van der Waals surface area contributed by atoms with Crippen molar-refractivity contribution < 1.29 is 18.9 Å². The van der Waals surface area contributed by atoms with Crippen molar-refractivity contribution in [1.82, 2.24) is 9.88 Å². The van der Waals surface area contributed by atoms with Crippen LogP contribution >= 0.6 is 11.8 Å². The van der Waals surface area contributed by atoms with Crippen molar-refractivity contribution in [1.29, 1.82) is 0 Å². The van der Waals surface area contributed by atoms with Gasteiger partial charge < -0.3 is 5.32 Å². The number of Topliss-reactive ketones (excluding diaryl/α,β-unsaturated/α-hetero) is 1. The van der Waals surface area contributed by atoms with Crippen LogP contribution < -0.4 is 5.32 Å². The molecule has 1 amide bonds. The van der Waals surface area contributed by atoms with Crippen molar-refractivity contribution >= 4 is 34.8 Å². The van der Waals surface area contributed by atoms with Crippen molar-refractivity contribution in [2.45, 2.75) is 17.5 Å². The first-order valence-corrected chi connectivity index (χ1v) is 12.2. The third kappa shape index (κ3) is 3.06. The maximum atomic E-state index is 14.5. The number of nitrogens with zero attached hydrogens (tertiary/aromatic N) is 3. The van der Waals surface area contributed by atoms with E-state index >= 15 is 0 Å². The number of pyridine rings is 1. The van der Waals surface area contributed by atoms with Gasteiger partial charge in [0.15, 0.2) is 5.78 Å². The predicted molar refractivity (Wildman–Crippen MR) is 128 cm³/mol. The second-order valence-electron chi connectivity index (χ2n) is 8.88. The minimum Gasteiger partial charge on any atom is -0.324 e. The molecular formula is C25H19FN4O4S. The highest BCUT2D eigenvalue weighted by Crippen LogP contribution is 2.61. The molecule has 1 N–H and O–H groups in total. The second kappa shape index (κ2) is 7.96. The van der Waals surface area contributed by atoms with Crippen LogP contribution in [0.3, 0.4) is 0 Å². The van der Waals surface area contributed by atoms with Crippen LogP contribution in [0.2, 0.25) is 0 Å². The fourth-order valence-electron chi connectivity index (χ4n) is 5.91. The van der Waals surface area contributed by atoms with E-state index in [1.807, 2.05) is 4.90 Å². The van der Waals surface area contributed by atoms with E-state index in [1.54, 1.807) is 42.1 Å². The smallest absolute Gasteiger partial charge is 0.269 e. The maximum absolute atomic E-state index is 14.5. The quantitative estimate of drug-likeness (QED) is 0.335. The number of fused-ring (bicyclic) bond motifs is 4. The lowest BCUT2D eigenvalue weighted by atomic mass is 9.70. The summed E-state index contributed by atoms with van der Waals surface area (Å²) in [7, 11) is 0. The van der Waals surface area contributed by atoms with Gasteiger partial charge in [-0.15, -0.1) is 11.8 Å². The number of nitro benzene ring substituents is 1. The number of ketones is 1. The number of aromatic nitrogens is 1. The van der Waals surface area contributed by atoms with Gasteiger partial charge in [0.2, 0.25) is 5.91 Å². The van der Waals surface area contributed by atoms with E-state index < -0.39 is 28.1 Å². The molecule has 3 aliphatic rings. The van der Waals surface area contributed by atoms with Gasteiger partial charge in [-0.1, -0.05) is 18.2 Å². The lowest BCUT2D eigenvalue weighted by Crippen LogP contribution is -2.52. The molecule has 0 saturated carbocycles. The molecule has 0 radical (unpaired) electrons. The summed E-state index contributed by atoms with van der Waals surface area (Å²) in [6.07, 6.45) is 1.52. The van der Waals surface area contributed by atoms with Crippen molar-refractivity contribution in [3.05, 3.63) is 99.6 Å². The molecule has 1 spiro atoms. The van der Waals surface area contributed by atoms with Gasteiger partial charge in [-0.2, -0.15) is 0 Å². The molecule has 3 aromatic rings. The van der Waals surface area contributed by atoms with Gasteiger partial charge in [0.25, 0.3) is 5.69 Å². The standard InChI is InChI=1S/C25H19FN4O4S/c26-15-6-9-18-17(11-15)25(24(32)28-18)22(23(31)19-3-1-2-10-27-19)21(20-12-35-13-29(20)25)14-4-7-16(8-5-14)30(33)34/h1-11,20-22H,12-13H2,(H,28,32)/t20-,21-,22+,25-/m1/s1. The molecule has 0 bridgehead atoms. The van der Waals surface area contributed by atoms with Crippen LogP contribution in [0.25, 0.3) is 0 Å². The predicted octanol–water partition coefficient (Wildman–Crippen LogP) is 3.95. The largest absolute Gasteiger partial charge is 0.324 e. The summed E-state index contributed by atoms with van der Waals surface area (Å²) in [4.78, 5) is 45.0.